The van der Waals surface area contributed by atoms with Crippen LogP contribution in [0.4, 0.5) is 0 Å². The van der Waals surface area contributed by atoms with Crippen molar-refractivity contribution in [3.05, 3.63) is 28.8 Å². The van der Waals surface area contributed by atoms with Gasteiger partial charge in [-0.15, -0.1) is 11.3 Å². The van der Waals surface area contributed by atoms with Crippen LogP contribution in [0.2, 0.25) is 5.15 Å². The minimum Gasteiger partial charge on any atom is -0.252 e. The lowest BCUT2D eigenvalue weighted by atomic mass is 10.3. The zero-order valence-corrected chi connectivity index (χ0v) is 8.43. The minimum absolute atomic E-state index is 0.468. The van der Waals surface area contributed by atoms with Crippen molar-refractivity contribution in [1.29, 1.82) is 0 Å². The van der Waals surface area contributed by atoms with E-state index in [1.807, 2.05) is 6.92 Å². The lowest BCUT2D eigenvalue weighted by molar-refractivity contribution is 1.06. The summed E-state index contributed by atoms with van der Waals surface area (Å²) in [7, 11) is 0. The summed E-state index contributed by atoms with van der Waals surface area (Å²) in [6.45, 7) is 1.82. The zero-order chi connectivity index (χ0) is 9.26. The topological polar surface area (TPSA) is 38.7 Å². The van der Waals surface area contributed by atoms with Crippen LogP contribution < -0.4 is 0 Å². The Morgan fingerprint density at radius 3 is 2.85 bits per heavy atom. The SMILES string of the molecule is Cc1nc(Cl)cc(-c2cncs2)n1. The van der Waals surface area contributed by atoms with E-state index < -0.39 is 0 Å². The first-order chi connectivity index (χ1) is 6.25. The second kappa shape index (κ2) is 3.40. The predicted molar refractivity (Wildman–Crippen MR) is 52.9 cm³/mol. The fraction of sp³-hybridized carbons (Fsp3) is 0.125. The highest BCUT2D eigenvalue weighted by atomic mass is 35.5. The van der Waals surface area contributed by atoms with Crippen molar-refractivity contribution in [2.45, 2.75) is 6.92 Å². The van der Waals surface area contributed by atoms with Crippen molar-refractivity contribution in [2.24, 2.45) is 0 Å². The summed E-state index contributed by atoms with van der Waals surface area (Å²) in [4.78, 5) is 13.2. The van der Waals surface area contributed by atoms with Crippen LogP contribution in [0, 0.1) is 6.92 Å². The number of halogens is 1. The molecular formula is C8H6ClN3S. The van der Waals surface area contributed by atoms with Crippen LogP contribution >= 0.6 is 22.9 Å². The minimum atomic E-state index is 0.468. The average Bonchev–Trinajstić information content (AvgIpc) is 2.53. The fourth-order valence-corrected chi connectivity index (χ4v) is 1.81. The largest absolute Gasteiger partial charge is 0.252 e. The van der Waals surface area contributed by atoms with Crippen molar-refractivity contribution in [3.8, 4) is 10.6 Å². The first-order valence-corrected chi connectivity index (χ1v) is 4.91. The molecule has 0 amide bonds. The number of aryl methyl sites for hydroxylation is 1. The van der Waals surface area contributed by atoms with Gasteiger partial charge in [-0.3, -0.25) is 4.98 Å². The molecule has 0 bridgehead atoms. The average molecular weight is 212 g/mol. The molecule has 0 atom stereocenters. The highest BCUT2D eigenvalue weighted by Crippen LogP contribution is 2.22. The van der Waals surface area contributed by atoms with E-state index in [1.165, 1.54) is 11.3 Å². The van der Waals surface area contributed by atoms with E-state index in [0.29, 0.717) is 11.0 Å². The molecule has 2 heterocycles. The van der Waals surface area contributed by atoms with Gasteiger partial charge in [0.2, 0.25) is 0 Å². The van der Waals surface area contributed by atoms with E-state index in [1.54, 1.807) is 17.8 Å². The van der Waals surface area contributed by atoms with Crippen LogP contribution in [-0.2, 0) is 0 Å². The van der Waals surface area contributed by atoms with Gasteiger partial charge in [0.05, 0.1) is 16.1 Å². The Kier molecular flexibility index (Phi) is 2.24. The molecule has 0 aromatic carbocycles. The Morgan fingerprint density at radius 2 is 2.23 bits per heavy atom. The third kappa shape index (κ3) is 1.84. The van der Waals surface area contributed by atoms with Gasteiger partial charge in [0.1, 0.15) is 11.0 Å². The maximum absolute atomic E-state index is 5.80. The third-order valence-corrected chi connectivity index (χ3v) is 2.48. The molecule has 66 valence electrons. The summed E-state index contributed by atoms with van der Waals surface area (Å²) < 4.78 is 0. The van der Waals surface area contributed by atoms with E-state index in [4.69, 9.17) is 11.6 Å². The summed E-state index contributed by atoms with van der Waals surface area (Å²) in [6.07, 6.45) is 1.77. The summed E-state index contributed by atoms with van der Waals surface area (Å²) in [5.41, 5.74) is 2.60. The lowest BCUT2D eigenvalue weighted by Gasteiger charge is -1.97. The molecule has 2 aromatic heterocycles. The van der Waals surface area contributed by atoms with Gasteiger partial charge >= 0.3 is 0 Å². The van der Waals surface area contributed by atoms with Crippen LogP contribution in [0.1, 0.15) is 5.82 Å². The van der Waals surface area contributed by atoms with Crippen molar-refractivity contribution < 1.29 is 0 Å². The molecule has 0 saturated heterocycles. The standard InChI is InChI=1S/C8H6ClN3S/c1-5-11-6(2-8(9)12-5)7-3-10-4-13-7/h2-4H,1H3. The Bertz CT molecular complexity index is 393. The molecule has 0 fully saturated rings. The quantitative estimate of drug-likeness (QED) is 0.681. The highest BCUT2D eigenvalue weighted by molar-refractivity contribution is 7.13. The molecule has 0 spiro atoms. The van der Waals surface area contributed by atoms with Crippen molar-refractivity contribution in [3.63, 3.8) is 0 Å². The normalized spacial score (nSPS) is 10.3. The number of hydrogen-bond acceptors (Lipinski definition) is 4. The molecule has 0 aliphatic carbocycles. The fourth-order valence-electron chi connectivity index (χ4n) is 1.000. The zero-order valence-electron chi connectivity index (χ0n) is 6.86. The van der Waals surface area contributed by atoms with E-state index >= 15 is 0 Å². The summed E-state index contributed by atoms with van der Waals surface area (Å²) in [6, 6.07) is 1.74. The molecule has 0 aliphatic heterocycles. The Hall–Kier alpha value is -1.00. The molecule has 0 radical (unpaired) electrons. The first-order valence-electron chi connectivity index (χ1n) is 3.66. The Labute approximate surface area is 84.5 Å². The highest BCUT2D eigenvalue weighted by Gasteiger charge is 2.03. The molecule has 0 unspecified atom stereocenters. The second-order valence-electron chi connectivity index (χ2n) is 2.49. The van der Waals surface area contributed by atoms with E-state index in [2.05, 4.69) is 15.0 Å². The molecule has 0 aliphatic rings. The van der Waals surface area contributed by atoms with Crippen LogP contribution in [0.15, 0.2) is 17.8 Å². The van der Waals surface area contributed by atoms with Gasteiger partial charge in [0.25, 0.3) is 0 Å². The van der Waals surface area contributed by atoms with Gasteiger partial charge < -0.3 is 0 Å². The van der Waals surface area contributed by atoms with Gasteiger partial charge in [0, 0.05) is 12.3 Å². The molecule has 3 nitrogen and oxygen atoms in total. The van der Waals surface area contributed by atoms with Crippen molar-refractivity contribution in [2.75, 3.05) is 0 Å². The number of thiazole rings is 1. The maximum atomic E-state index is 5.80. The van der Waals surface area contributed by atoms with Gasteiger partial charge in [-0.25, -0.2) is 9.97 Å². The molecule has 13 heavy (non-hydrogen) atoms. The predicted octanol–water partition coefficient (Wildman–Crippen LogP) is 2.56. The number of aromatic nitrogens is 3. The Morgan fingerprint density at radius 1 is 1.38 bits per heavy atom. The Balaban J connectivity index is 2.53. The van der Waals surface area contributed by atoms with E-state index in [-0.39, 0.29) is 0 Å². The van der Waals surface area contributed by atoms with E-state index in [0.717, 1.165) is 10.6 Å². The van der Waals surface area contributed by atoms with Crippen molar-refractivity contribution in [1.82, 2.24) is 15.0 Å². The smallest absolute Gasteiger partial charge is 0.133 e. The lowest BCUT2D eigenvalue weighted by Crippen LogP contribution is -1.89. The molecular weight excluding hydrogens is 206 g/mol. The molecule has 2 aromatic rings. The van der Waals surface area contributed by atoms with Crippen LogP contribution in [-0.4, -0.2) is 15.0 Å². The summed E-state index contributed by atoms with van der Waals surface area (Å²) in [5.74, 6) is 0.677. The van der Waals surface area contributed by atoms with Gasteiger partial charge in [-0.05, 0) is 6.92 Å². The van der Waals surface area contributed by atoms with Crippen molar-refractivity contribution >= 4 is 22.9 Å². The van der Waals surface area contributed by atoms with Crippen LogP contribution in [0.3, 0.4) is 0 Å². The van der Waals surface area contributed by atoms with Crippen LogP contribution in [0.5, 0.6) is 0 Å². The first kappa shape index (κ1) is 8.59. The monoisotopic (exact) mass is 211 g/mol. The second-order valence-corrected chi connectivity index (χ2v) is 3.76. The van der Waals surface area contributed by atoms with Gasteiger partial charge in [-0.2, -0.15) is 0 Å². The maximum Gasteiger partial charge on any atom is 0.133 e. The molecule has 5 heteroatoms. The molecule has 2 rings (SSSR count). The van der Waals surface area contributed by atoms with Gasteiger partial charge in [-0.1, -0.05) is 11.6 Å². The number of hydrogen-bond donors (Lipinski definition) is 0. The van der Waals surface area contributed by atoms with E-state index in [9.17, 15) is 0 Å². The number of nitrogens with zero attached hydrogens (tertiary/aromatic N) is 3. The van der Waals surface area contributed by atoms with Crippen LogP contribution in [0.25, 0.3) is 10.6 Å². The summed E-state index contributed by atoms with van der Waals surface area (Å²) >= 11 is 7.33. The third-order valence-electron chi connectivity index (χ3n) is 1.49. The molecule has 0 N–H and O–H groups in total. The number of rotatable bonds is 1. The summed E-state index contributed by atoms with van der Waals surface area (Å²) in [5, 5.41) is 0.468. The van der Waals surface area contributed by atoms with Gasteiger partial charge in [0.15, 0.2) is 0 Å². The molecule has 0 saturated carbocycles.